The Balaban J connectivity index is 2.04. The Bertz CT molecular complexity index is 736. The summed E-state index contributed by atoms with van der Waals surface area (Å²) in [5.74, 6) is 1.03. The Labute approximate surface area is 127 Å². The molecule has 0 unspecified atom stereocenters. The van der Waals surface area contributed by atoms with E-state index in [0.717, 1.165) is 5.56 Å². The highest BCUT2D eigenvalue weighted by Gasteiger charge is 2.13. The van der Waals surface area contributed by atoms with Crippen LogP contribution >= 0.6 is 0 Å². The lowest BCUT2D eigenvalue weighted by atomic mass is 10.1. The maximum absolute atomic E-state index is 9.08. The van der Waals surface area contributed by atoms with Gasteiger partial charge in [0.05, 0.1) is 0 Å². The summed E-state index contributed by atoms with van der Waals surface area (Å²) in [6, 6.07) is 5.37. The van der Waals surface area contributed by atoms with Crippen LogP contribution < -0.4 is 0 Å². The fraction of sp³-hybridized carbons (Fsp3) is 0.200. The zero-order chi connectivity index (χ0) is 15.2. The number of aliphatic hydroxyl groups is 1. The van der Waals surface area contributed by atoms with Crippen molar-refractivity contribution in [1.82, 2.24) is 30.1 Å². The Hall–Kier alpha value is -2.80. The second-order valence-corrected chi connectivity index (χ2v) is 4.58. The van der Waals surface area contributed by atoms with E-state index >= 15 is 0 Å². The third-order valence-corrected chi connectivity index (χ3v) is 3.05. The lowest BCUT2D eigenvalue weighted by Gasteiger charge is -2.08. The quantitative estimate of drug-likeness (QED) is 0.757. The molecule has 0 spiro atoms. The molecule has 3 aromatic rings. The molecule has 0 aromatic carbocycles. The first-order valence-corrected chi connectivity index (χ1v) is 6.90. The molecule has 110 valence electrons. The van der Waals surface area contributed by atoms with Crippen molar-refractivity contribution < 1.29 is 5.11 Å². The van der Waals surface area contributed by atoms with Gasteiger partial charge in [-0.1, -0.05) is 0 Å². The van der Waals surface area contributed by atoms with Crippen LogP contribution in [0.3, 0.4) is 0 Å². The predicted octanol–water partition coefficient (Wildman–Crippen LogP) is 1.32. The van der Waals surface area contributed by atoms with Gasteiger partial charge in [0.25, 0.3) is 0 Å². The molecular weight excluding hydrogens is 280 g/mol. The highest BCUT2D eigenvalue weighted by Crippen LogP contribution is 2.21. The van der Waals surface area contributed by atoms with E-state index in [0.29, 0.717) is 35.9 Å². The predicted molar refractivity (Wildman–Crippen MR) is 79.5 cm³/mol. The molecule has 3 heterocycles. The van der Waals surface area contributed by atoms with Gasteiger partial charge < -0.3 is 5.11 Å². The lowest BCUT2D eigenvalue weighted by molar-refractivity contribution is 0.288. The van der Waals surface area contributed by atoms with Crippen molar-refractivity contribution in [3.05, 3.63) is 48.5 Å². The largest absolute Gasteiger partial charge is 0.396 e. The minimum absolute atomic E-state index is 0.106. The number of aromatic nitrogens is 6. The van der Waals surface area contributed by atoms with Crippen molar-refractivity contribution in [1.29, 1.82) is 0 Å². The number of aliphatic hydroxyl groups excluding tert-OH is 1. The third kappa shape index (κ3) is 3.09. The molecule has 1 N–H and O–H groups in total. The van der Waals surface area contributed by atoms with E-state index in [9.17, 15) is 0 Å². The summed E-state index contributed by atoms with van der Waals surface area (Å²) in [6.45, 7) is 0.106. The molecule has 7 nitrogen and oxygen atoms in total. The molecule has 0 aliphatic rings. The number of hydrogen-bond acceptors (Lipinski definition) is 7. The van der Waals surface area contributed by atoms with E-state index < -0.39 is 0 Å². The topological polar surface area (TPSA) is 97.6 Å². The van der Waals surface area contributed by atoms with Crippen LogP contribution in [0.2, 0.25) is 0 Å². The smallest absolute Gasteiger partial charge is 0.180 e. The summed E-state index contributed by atoms with van der Waals surface area (Å²) in [5.41, 5.74) is 2.12. The highest BCUT2D eigenvalue weighted by atomic mass is 16.2. The van der Waals surface area contributed by atoms with E-state index in [-0.39, 0.29) is 6.61 Å². The molecule has 0 saturated carbocycles. The van der Waals surface area contributed by atoms with Crippen molar-refractivity contribution in [2.45, 2.75) is 12.8 Å². The number of aryl methyl sites for hydroxylation is 1. The standard InChI is InChI=1S/C15H14N6O/c22-9-1-4-11-10-12(14-16-5-2-6-17-14)20-21-13(11)15-18-7-3-8-19-15/h2-3,5-8,10,22H,1,4,9H2. The Morgan fingerprint density at radius 2 is 1.45 bits per heavy atom. The highest BCUT2D eigenvalue weighted by molar-refractivity contribution is 5.59. The number of rotatable bonds is 5. The minimum Gasteiger partial charge on any atom is -0.396 e. The Morgan fingerprint density at radius 3 is 2.09 bits per heavy atom. The van der Waals surface area contributed by atoms with Gasteiger partial charge in [0.15, 0.2) is 11.6 Å². The second kappa shape index (κ2) is 6.77. The molecule has 7 heteroatoms. The van der Waals surface area contributed by atoms with Crippen LogP contribution in [0.15, 0.2) is 43.0 Å². The van der Waals surface area contributed by atoms with Crippen molar-refractivity contribution in [2.24, 2.45) is 0 Å². The summed E-state index contributed by atoms with van der Waals surface area (Å²) in [5, 5.41) is 17.5. The summed E-state index contributed by atoms with van der Waals surface area (Å²) in [6.07, 6.45) is 7.92. The van der Waals surface area contributed by atoms with Crippen molar-refractivity contribution in [2.75, 3.05) is 6.61 Å². The number of hydrogen-bond donors (Lipinski definition) is 1. The monoisotopic (exact) mass is 294 g/mol. The lowest BCUT2D eigenvalue weighted by Crippen LogP contribution is -2.03. The van der Waals surface area contributed by atoms with Crippen LogP contribution in [0, 0.1) is 0 Å². The maximum atomic E-state index is 9.08. The van der Waals surface area contributed by atoms with Gasteiger partial charge in [-0.2, -0.15) is 0 Å². The van der Waals surface area contributed by atoms with Gasteiger partial charge >= 0.3 is 0 Å². The van der Waals surface area contributed by atoms with Crippen LogP contribution in [0.25, 0.3) is 23.0 Å². The van der Waals surface area contributed by atoms with Gasteiger partial charge in [0, 0.05) is 31.4 Å². The average molecular weight is 294 g/mol. The van der Waals surface area contributed by atoms with Gasteiger partial charge in [-0.3, -0.25) is 0 Å². The Kier molecular flexibility index (Phi) is 4.35. The van der Waals surface area contributed by atoms with Gasteiger partial charge in [-0.05, 0) is 36.6 Å². The summed E-state index contributed by atoms with van der Waals surface area (Å²) in [7, 11) is 0. The average Bonchev–Trinajstić information content (AvgIpc) is 2.61. The molecule has 0 saturated heterocycles. The summed E-state index contributed by atoms with van der Waals surface area (Å²) < 4.78 is 0. The van der Waals surface area contributed by atoms with Gasteiger partial charge in [-0.25, -0.2) is 19.9 Å². The molecule has 3 aromatic heterocycles. The number of nitrogens with zero attached hydrogens (tertiary/aromatic N) is 6. The molecule has 0 aliphatic carbocycles. The zero-order valence-electron chi connectivity index (χ0n) is 11.8. The van der Waals surface area contributed by atoms with Crippen molar-refractivity contribution >= 4 is 0 Å². The van der Waals surface area contributed by atoms with Gasteiger partial charge in [-0.15, -0.1) is 10.2 Å². The second-order valence-electron chi connectivity index (χ2n) is 4.58. The van der Waals surface area contributed by atoms with E-state index in [2.05, 4.69) is 30.1 Å². The molecule has 22 heavy (non-hydrogen) atoms. The zero-order valence-corrected chi connectivity index (χ0v) is 11.8. The molecule has 0 radical (unpaired) electrons. The van der Waals surface area contributed by atoms with E-state index in [1.54, 1.807) is 36.9 Å². The van der Waals surface area contributed by atoms with Gasteiger partial charge in [0.2, 0.25) is 0 Å². The fourth-order valence-corrected chi connectivity index (χ4v) is 2.04. The van der Waals surface area contributed by atoms with Crippen LogP contribution in [-0.2, 0) is 6.42 Å². The summed E-state index contributed by atoms with van der Waals surface area (Å²) in [4.78, 5) is 16.8. The molecule has 0 aliphatic heterocycles. The first-order valence-electron chi connectivity index (χ1n) is 6.90. The Morgan fingerprint density at radius 1 is 0.818 bits per heavy atom. The van der Waals surface area contributed by atoms with E-state index in [4.69, 9.17) is 5.11 Å². The van der Waals surface area contributed by atoms with E-state index in [1.807, 2.05) is 6.07 Å². The molecular formula is C15H14N6O. The van der Waals surface area contributed by atoms with Crippen LogP contribution in [0.5, 0.6) is 0 Å². The molecule has 0 amide bonds. The third-order valence-electron chi connectivity index (χ3n) is 3.05. The van der Waals surface area contributed by atoms with E-state index in [1.165, 1.54) is 0 Å². The fourth-order valence-electron chi connectivity index (χ4n) is 2.04. The first kappa shape index (κ1) is 14.2. The van der Waals surface area contributed by atoms with Crippen LogP contribution in [-0.4, -0.2) is 41.8 Å². The molecule has 0 bridgehead atoms. The molecule has 0 atom stereocenters. The molecule has 3 rings (SSSR count). The molecule has 0 fully saturated rings. The normalized spacial score (nSPS) is 10.6. The van der Waals surface area contributed by atoms with Crippen molar-refractivity contribution in [3.63, 3.8) is 0 Å². The van der Waals surface area contributed by atoms with Crippen LogP contribution in [0.4, 0.5) is 0 Å². The van der Waals surface area contributed by atoms with Gasteiger partial charge in [0.1, 0.15) is 11.4 Å². The SMILES string of the molecule is OCCCc1cc(-c2ncccn2)nnc1-c1ncccn1. The first-order chi connectivity index (χ1) is 10.9. The summed E-state index contributed by atoms with van der Waals surface area (Å²) >= 11 is 0. The van der Waals surface area contributed by atoms with Crippen LogP contribution in [0.1, 0.15) is 12.0 Å². The maximum Gasteiger partial charge on any atom is 0.180 e. The van der Waals surface area contributed by atoms with Crippen molar-refractivity contribution in [3.8, 4) is 23.0 Å². The minimum atomic E-state index is 0.106.